The molecule has 1 fully saturated rings. The van der Waals surface area contributed by atoms with Gasteiger partial charge in [-0.15, -0.1) is 11.3 Å². The Morgan fingerprint density at radius 2 is 2.15 bits per heavy atom. The predicted molar refractivity (Wildman–Crippen MR) is 113 cm³/mol. The van der Waals surface area contributed by atoms with Crippen LogP contribution in [0.1, 0.15) is 43.3 Å². The van der Waals surface area contributed by atoms with E-state index in [-0.39, 0.29) is 0 Å². The number of guanidine groups is 1. The molecule has 1 aliphatic rings. The van der Waals surface area contributed by atoms with Crippen LogP contribution < -0.4 is 10.6 Å². The normalized spacial score (nSPS) is 17.8. The highest BCUT2D eigenvalue weighted by atomic mass is 32.1. The van der Waals surface area contributed by atoms with Crippen molar-refractivity contribution >= 4 is 17.3 Å². The summed E-state index contributed by atoms with van der Waals surface area (Å²) >= 11 is 1.85. The number of thiophene rings is 1. The van der Waals surface area contributed by atoms with Crippen LogP contribution in [0, 0.1) is 5.92 Å². The van der Waals surface area contributed by atoms with Crippen LogP contribution in [0.15, 0.2) is 34.8 Å². The van der Waals surface area contributed by atoms with E-state index in [0.29, 0.717) is 12.6 Å². The van der Waals surface area contributed by atoms with Gasteiger partial charge in [-0.1, -0.05) is 13.0 Å². The topological polar surface area (TPSA) is 57.5 Å². The number of aliphatic imine (C=N–C) groups is 1. The fourth-order valence-electron chi connectivity index (χ4n) is 3.48. The third kappa shape index (κ3) is 5.56. The van der Waals surface area contributed by atoms with Crippen LogP contribution in [0.4, 0.5) is 0 Å². The van der Waals surface area contributed by atoms with Gasteiger partial charge in [-0.2, -0.15) is 5.10 Å². The molecule has 0 aromatic carbocycles. The van der Waals surface area contributed by atoms with Crippen LogP contribution in [-0.4, -0.2) is 46.8 Å². The maximum atomic E-state index is 4.75. The second kappa shape index (κ2) is 9.90. The highest BCUT2D eigenvalue weighted by Gasteiger charge is 2.25. The van der Waals surface area contributed by atoms with Crippen molar-refractivity contribution in [2.24, 2.45) is 18.0 Å². The quantitative estimate of drug-likeness (QED) is 0.565. The van der Waals surface area contributed by atoms with E-state index in [1.807, 2.05) is 35.3 Å². The van der Waals surface area contributed by atoms with Crippen molar-refractivity contribution in [1.29, 1.82) is 0 Å². The molecular formula is C20H32N6S. The molecule has 1 aliphatic heterocycles. The Labute approximate surface area is 166 Å². The molecule has 2 aromatic heterocycles. The van der Waals surface area contributed by atoms with Crippen LogP contribution in [0.2, 0.25) is 0 Å². The third-order valence-electron chi connectivity index (χ3n) is 5.26. The van der Waals surface area contributed by atoms with Crippen LogP contribution in [0.25, 0.3) is 0 Å². The van der Waals surface area contributed by atoms with Gasteiger partial charge in [0.25, 0.3) is 0 Å². The molecule has 0 radical (unpaired) electrons. The highest BCUT2D eigenvalue weighted by Crippen LogP contribution is 2.29. The van der Waals surface area contributed by atoms with Crippen molar-refractivity contribution in [1.82, 2.24) is 25.3 Å². The maximum Gasteiger partial charge on any atom is 0.191 e. The van der Waals surface area contributed by atoms with Crippen LogP contribution in [0.3, 0.4) is 0 Å². The summed E-state index contributed by atoms with van der Waals surface area (Å²) in [7, 11) is 1.95. The Morgan fingerprint density at radius 1 is 1.33 bits per heavy atom. The molecule has 2 N–H and O–H groups in total. The molecule has 1 unspecified atom stereocenters. The number of aryl methyl sites for hydroxylation is 1. The summed E-state index contributed by atoms with van der Waals surface area (Å²) in [6.45, 7) is 9.15. The fraction of sp³-hybridized carbons (Fsp3) is 0.600. The molecule has 2 aromatic rings. The molecule has 0 saturated carbocycles. The van der Waals surface area contributed by atoms with Gasteiger partial charge in [0.2, 0.25) is 0 Å². The van der Waals surface area contributed by atoms with E-state index < -0.39 is 0 Å². The Hall–Kier alpha value is -1.86. The molecule has 7 heteroatoms. The SMILES string of the molecule is CCNC(=NCc1ccnn1C)NCC(c1cccs1)N1CCC(C)CC1. The highest BCUT2D eigenvalue weighted by molar-refractivity contribution is 7.10. The van der Waals surface area contributed by atoms with E-state index in [2.05, 4.69) is 52.0 Å². The first-order chi connectivity index (χ1) is 13.2. The van der Waals surface area contributed by atoms with Crippen LogP contribution in [-0.2, 0) is 13.6 Å². The van der Waals surface area contributed by atoms with Crippen LogP contribution >= 0.6 is 11.3 Å². The first-order valence-electron chi connectivity index (χ1n) is 9.94. The lowest BCUT2D eigenvalue weighted by Crippen LogP contribution is -2.45. The predicted octanol–water partition coefficient (Wildman–Crippen LogP) is 3.01. The number of hydrogen-bond acceptors (Lipinski definition) is 4. The largest absolute Gasteiger partial charge is 0.357 e. The maximum absolute atomic E-state index is 4.75. The molecule has 1 saturated heterocycles. The van der Waals surface area contributed by atoms with Crippen molar-refractivity contribution in [2.45, 2.75) is 39.3 Å². The van der Waals surface area contributed by atoms with Crippen molar-refractivity contribution in [3.8, 4) is 0 Å². The van der Waals surface area contributed by atoms with E-state index in [1.54, 1.807) is 0 Å². The Bertz CT molecular complexity index is 700. The second-order valence-electron chi connectivity index (χ2n) is 7.27. The number of nitrogens with one attached hydrogen (secondary N) is 2. The zero-order valence-electron chi connectivity index (χ0n) is 16.7. The summed E-state index contributed by atoms with van der Waals surface area (Å²) < 4.78 is 1.87. The van der Waals surface area contributed by atoms with Gasteiger partial charge in [0, 0.05) is 31.2 Å². The third-order valence-corrected chi connectivity index (χ3v) is 6.23. The summed E-state index contributed by atoms with van der Waals surface area (Å²) in [5, 5.41) is 13.3. The fourth-order valence-corrected chi connectivity index (χ4v) is 4.34. The zero-order valence-corrected chi connectivity index (χ0v) is 17.5. The minimum Gasteiger partial charge on any atom is -0.357 e. The lowest BCUT2D eigenvalue weighted by Gasteiger charge is -2.36. The second-order valence-corrected chi connectivity index (χ2v) is 8.25. The Kier molecular flexibility index (Phi) is 7.29. The minimum atomic E-state index is 0.401. The van der Waals surface area contributed by atoms with E-state index >= 15 is 0 Å². The first kappa shape index (κ1) is 19.9. The molecular weight excluding hydrogens is 356 g/mol. The van der Waals surface area contributed by atoms with E-state index in [1.165, 1.54) is 30.8 Å². The monoisotopic (exact) mass is 388 g/mol. The lowest BCUT2D eigenvalue weighted by molar-refractivity contribution is 0.140. The summed E-state index contributed by atoms with van der Waals surface area (Å²) in [5.74, 6) is 1.71. The van der Waals surface area contributed by atoms with Gasteiger partial charge in [0.1, 0.15) is 0 Å². The van der Waals surface area contributed by atoms with E-state index in [4.69, 9.17) is 4.99 Å². The number of likely N-dealkylation sites (tertiary alicyclic amines) is 1. The number of aromatic nitrogens is 2. The van der Waals surface area contributed by atoms with Crippen molar-refractivity contribution in [3.05, 3.63) is 40.3 Å². The molecule has 3 rings (SSSR count). The molecule has 6 nitrogen and oxygen atoms in total. The smallest absolute Gasteiger partial charge is 0.191 e. The van der Waals surface area contributed by atoms with Gasteiger partial charge >= 0.3 is 0 Å². The van der Waals surface area contributed by atoms with Crippen molar-refractivity contribution < 1.29 is 0 Å². The zero-order chi connectivity index (χ0) is 19.1. The summed E-state index contributed by atoms with van der Waals surface area (Å²) in [5.41, 5.74) is 1.10. The van der Waals surface area contributed by atoms with Crippen molar-refractivity contribution in [2.75, 3.05) is 26.2 Å². The number of nitrogens with zero attached hydrogens (tertiary/aromatic N) is 4. The molecule has 0 bridgehead atoms. The standard InChI is InChI=1S/C20H32N6S/c1-4-21-20(22-14-17-7-10-24-25(17)3)23-15-18(19-6-5-13-27-19)26-11-8-16(2)9-12-26/h5-7,10,13,16,18H,4,8-9,11-12,14-15H2,1-3H3,(H2,21,22,23). The molecule has 0 spiro atoms. The summed E-state index contributed by atoms with van der Waals surface area (Å²) in [6, 6.07) is 6.82. The summed E-state index contributed by atoms with van der Waals surface area (Å²) in [6.07, 6.45) is 4.39. The molecule has 0 aliphatic carbocycles. The van der Waals surface area contributed by atoms with Gasteiger partial charge < -0.3 is 10.6 Å². The Morgan fingerprint density at radius 3 is 2.78 bits per heavy atom. The summed E-state index contributed by atoms with van der Waals surface area (Å²) in [4.78, 5) is 8.80. The number of rotatable bonds is 7. The minimum absolute atomic E-state index is 0.401. The molecule has 0 amide bonds. The molecule has 27 heavy (non-hydrogen) atoms. The lowest BCUT2D eigenvalue weighted by atomic mass is 9.97. The first-order valence-corrected chi connectivity index (χ1v) is 10.8. The molecule has 1 atom stereocenters. The average Bonchev–Trinajstić information content (AvgIpc) is 3.33. The molecule has 148 valence electrons. The number of piperidine rings is 1. The van der Waals surface area contributed by atoms with Gasteiger partial charge in [-0.05, 0) is 56.3 Å². The number of hydrogen-bond donors (Lipinski definition) is 2. The average molecular weight is 389 g/mol. The van der Waals surface area contributed by atoms with E-state index in [0.717, 1.165) is 30.7 Å². The van der Waals surface area contributed by atoms with Gasteiger partial charge in [-0.3, -0.25) is 9.58 Å². The van der Waals surface area contributed by atoms with Gasteiger partial charge in [0.15, 0.2) is 5.96 Å². The van der Waals surface area contributed by atoms with Crippen molar-refractivity contribution in [3.63, 3.8) is 0 Å². The van der Waals surface area contributed by atoms with Gasteiger partial charge in [-0.25, -0.2) is 4.99 Å². The van der Waals surface area contributed by atoms with Gasteiger partial charge in [0.05, 0.1) is 18.3 Å². The Balaban J connectivity index is 1.65. The van der Waals surface area contributed by atoms with Crippen LogP contribution in [0.5, 0.6) is 0 Å². The molecule has 3 heterocycles. The van der Waals surface area contributed by atoms with E-state index in [9.17, 15) is 0 Å².